The third-order valence-electron chi connectivity index (χ3n) is 5.55. The van der Waals surface area contributed by atoms with Crippen molar-refractivity contribution in [1.82, 2.24) is 8.87 Å². The molecular formula is C25H32BrN3O3S2. The molecule has 0 spiro atoms. The van der Waals surface area contributed by atoms with Gasteiger partial charge in [0.05, 0.1) is 15.1 Å². The minimum absolute atomic E-state index is 0.212. The van der Waals surface area contributed by atoms with Gasteiger partial charge < -0.3 is 4.57 Å². The van der Waals surface area contributed by atoms with Crippen LogP contribution in [0.3, 0.4) is 0 Å². The van der Waals surface area contributed by atoms with Crippen LogP contribution in [0.2, 0.25) is 0 Å². The zero-order valence-electron chi connectivity index (χ0n) is 20.0. The Balaban J connectivity index is 1.90. The Morgan fingerprint density at radius 3 is 2.24 bits per heavy atom. The van der Waals surface area contributed by atoms with E-state index in [0.717, 1.165) is 53.3 Å². The molecule has 6 nitrogen and oxygen atoms in total. The van der Waals surface area contributed by atoms with Crippen LogP contribution in [0.5, 0.6) is 0 Å². The molecule has 0 saturated heterocycles. The van der Waals surface area contributed by atoms with Gasteiger partial charge in [-0.15, -0.1) is 0 Å². The normalized spacial score (nSPS) is 12.7. The third kappa shape index (κ3) is 6.24. The van der Waals surface area contributed by atoms with Crippen molar-refractivity contribution < 1.29 is 13.2 Å². The fourth-order valence-corrected chi connectivity index (χ4v) is 6.79. The molecule has 1 amide bonds. The summed E-state index contributed by atoms with van der Waals surface area (Å²) >= 11 is 4.97. The topological polar surface area (TPSA) is 71.7 Å². The van der Waals surface area contributed by atoms with Gasteiger partial charge in [0.15, 0.2) is 4.80 Å². The van der Waals surface area contributed by atoms with Gasteiger partial charge in [-0.25, -0.2) is 8.42 Å². The average molecular weight is 567 g/mol. The number of aryl methyl sites for hydroxylation is 1. The number of fused-ring (bicyclic) bond motifs is 1. The molecule has 0 aliphatic heterocycles. The van der Waals surface area contributed by atoms with Crippen molar-refractivity contribution >= 4 is 53.4 Å². The summed E-state index contributed by atoms with van der Waals surface area (Å²) in [5.41, 5.74) is 1.41. The highest BCUT2D eigenvalue weighted by molar-refractivity contribution is 9.10. The quantitative estimate of drug-likeness (QED) is 0.277. The third-order valence-corrected chi connectivity index (χ3v) is 9.00. The molecule has 1 heterocycles. The van der Waals surface area contributed by atoms with Crippen LogP contribution >= 0.6 is 27.3 Å². The lowest BCUT2D eigenvalue weighted by Gasteiger charge is -2.22. The number of hydrogen-bond acceptors (Lipinski definition) is 4. The largest absolute Gasteiger partial charge is 0.316 e. The number of thiazole rings is 1. The Kier molecular flexibility index (Phi) is 9.65. The van der Waals surface area contributed by atoms with Crippen LogP contribution in [0.25, 0.3) is 10.2 Å². The molecule has 9 heteroatoms. The molecule has 0 unspecified atom stereocenters. The Bertz CT molecular complexity index is 1290. The Labute approximate surface area is 214 Å². The van der Waals surface area contributed by atoms with Crippen LogP contribution in [0.4, 0.5) is 0 Å². The minimum atomic E-state index is -3.60. The molecule has 2 aromatic carbocycles. The summed E-state index contributed by atoms with van der Waals surface area (Å²) in [5, 5.41) is 0. The summed E-state index contributed by atoms with van der Waals surface area (Å²) in [4.78, 5) is 18.2. The molecule has 34 heavy (non-hydrogen) atoms. The number of hydrogen-bond donors (Lipinski definition) is 0. The van der Waals surface area contributed by atoms with E-state index >= 15 is 0 Å². The van der Waals surface area contributed by atoms with Crippen LogP contribution in [0.15, 0.2) is 56.8 Å². The predicted molar refractivity (Wildman–Crippen MR) is 143 cm³/mol. The van der Waals surface area contributed by atoms with Gasteiger partial charge >= 0.3 is 0 Å². The summed E-state index contributed by atoms with van der Waals surface area (Å²) in [7, 11) is -3.60. The van der Waals surface area contributed by atoms with E-state index in [0.29, 0.717) is 23.5 Å². The molecule has 0 atom stereocenters. The highest BCUT2D eigenvalue weighted by Gasteiger charge is 2.23. The summed E-state index contributed by atoms with van der Waals surface area (Å²) in [5.74, 6) is -0.381. The summed E-state index contributed by atoms with van der Waals surface area (Å²) in [6.07, 6.45) is 4.42. The van der Waals surface area contributed by atoms with Crippen LogP contribution in [0.1, 0.15) is 63.2 Å². The van der Waals surface area contributed by atoms with Crippen molar-refractivity contribution in [3.63, 3.8) is 0 Å². The maximum absolute atomic E-state index is 13.2. The molecule has 0 aliphatic rings. The number of sulfonamides is 1. The second kappa shape index (κ2) is 12.2. The number of unbranched alkanes of at least 4 members (excludes halogenated alkanes) is 2. The lowest BCUT2D eigenvalue weighted by Crippen LogP contribution is -2.33. The molecule has 3 aromatic rings. The molecule has 3 rings (SSSR count). The molecule has 0 radical (unpaired) electrons. The highest BCUT2D eigenvalue weighted by Crippen LogP contribution is 2.23. The average Bonchev–Trinajstić information content (AvgIpc) is 3.15. The zero-order valence-corrected chi connectivity index (χ0v) is 23.2. The van der Waals surface area contributed by atoms with E-state index in [1.807, 2.05) is 32.0 Å². The van der Waals surface area contributed by atoms with Crippen molar-refractivity contribution in [1.29, 1.82) is 0 Å². The van der Waals surface area contributed by atoms with Crippen LogP contribution in [-0.4, -0.2) is 36.3 Å². The Hall–Kier alpha value is -1.81. The van der Waals surface area contributed by atoms with Gasteiger partial charge in [0.25, 0.3) is 5.91 Å². The number of carbonyl (C=O) groups is 1. The van der Waals surface area contributed by atoms with Gasteiger partial charge in [0, 0.05) is 29.7 Å². The predicted octanol–water partition coefficient (Wildman–Crippen LogP) is 6.21. The van der Waals surface area contributed by atoms with E-state index in [9.17, 15) is 13.2 Å². The SMILES string of the molecule is CCCCN(CCCC)S(=O)(=O)c1ccc(C(=O)N=c2sc3cc(Br)ccc3n2CCC)cc1. The number of nitrogens with zero attached hydrogens (tertiary/aromatic N) is 3. The molecule has 0 saturated carbocycles. The van der Waals surface area contributed by atoms with Gasteiger partial charge in [0.1, 0.15) is 0 Å². The van der Waals surface area contributed by atoms with Gasteiger partial charge in [-0.2, -0.15) is 9.30 Å². The van der Waals surface area contributed by atoms with E-state index in [1.165, 1.54) is 23.5 Å². The standard InChI is InChI=1S/C25H32BrN3O3S2/c1-4-7-16-28(17-8-5-2)34(31,32)21-12-9-19(10-13-21)24(30)27-25-29(15-6-3)22-14-11-20(26)18-23(22)33-25/h9-14,18H,4-8,15-17H2,1-3H3. The van der Waals surface area contributed by atoms with E-state index in [-0.39, 0.29) is 10.8 Å². The lowest BCUT2D eigenvalue weighted by molar-refractivity contribution is 0.0997. The zero-order chi connectivity index (χ0) is 24.7. The van der Waals surface area contributed by atoms with E-state index in [1.54, 1.807) is 16.4 Å². The second-order valence-corrected chi connectivity index (χ2v) is 12.1. The number of amides is 1. The number of benzene rings is 2. The molecular weight excluding hydrogens is 534 g/mol. The van der Waals surface area contributed by atoms with Gasteiger partial charge in [-0.1, -0.05) is 60.9 Å². The number of halogens is 1. The lowest BCUT2D eigenvalue weighted by atomic mass is 10.2. The molecule has 0 fully saturated rings. The minimum Gasteiger partial charge on any atom is -0.316 e. The highest BCUT2D eigenvalue weighted by atomic mass is 79.9. The van der Waals surface area contributed by atoms with Crippen LogP contribution in [-0.2, 0) is 16.6 Å². The fourth-order valence-electron chi connectivity index (χ4n) is 3.66. The Morgan fingerprint density at radius 1 is 1.00 bits per heavy atom. The summed E-state index contributed by atoms with van der Waals surface area (Å²) in [6.45, 7) is 7.96. The first-order chi connectivity index (χ1) is 16.3. The number of aromatic nitrogens is 1. The first kappa shape index (κ1) is 26.8. The van der Waals surface area contributed by atoms with E-state index < -0.39 is 10.0 Å². The van der Waals surface area contributed by atoms with Crippen LogP contribution in [0, 0.1) is 0 Å². The second-order valence-electron chi connectivity index (χ2n) is 8.20. The summed E-state index contributed by atoms with van der Waals surface area (Å²) in [6, 6.07) is 12.2. The number of rotatable bonds is 11. The fraction of sp³-hybridized carbons (Fsp3) is 0.440. The Morgan fingerprint density at radius 2 is 1.65 bits per heavy atom. The smallest absolute Gasteiger partial charge is 0.279 e. The first-order valence-corrected chi connectivity index (χ1v) is 14.8. The maximum atomic E-state index is 13.2. The van der Waals surface area contributed by atoms with Crippen molar-refractivity contribution in [2.24, 2.45) is 4.99 Å². The van der Waals surface area contributed by atoms with Crippen molar-refractivity contribution in [3.8, 4) is 0 Å². The van der Waals surface area contributed by atoms with E-state index in [4.69, 9.17) is 0 Å². The van der Waals surface area contributed by atoms with Crippen molar-refractivity contribution in [3.05, 3.63) is 57.3 Å². The monoisotopic (exact) mass is 565 g/mol. The molecule has 0 aliphatic carbocycles. The summed E-state index contributed by atoms with van der Waals surface area (Å²) < 4.78 is 32.0. The first-order valence-electron chi connectivity index (χ1n) is 11.8. The van der Waals surface area contributed by atoms with Gasteiger partial charge in [0.2, 0.25) is 10.0 Å². The van der Waals surface area contributed by atoms with E-state index in [2.05, 4.69) is 32.4 Å². The number of carbonyl (C=O) groups excluding carboxylic acids is 1. The van der Waals surface area contributed by atoms with Crippen molar-refractivity contribution in [2.45, 2.75) is 64.3 Å². The molecule has 0 N–H and O–H groups in total. The van der Waals surface area contributed by atoms with Gasteiger partial charge in [-0.05, 0) is 61.7 Å². The van der Waals surface area contributed by atoms with Gasteiger partial charge in [-0.3, -0.25) is 4.79 Å². The molecule has 184 valence electrons. The van der Waals surface area contributed by atoms with Crippen LogP contribution < -0.4 is 4.80 Å². The molecule has 0 bridgehead atoms. The maximum Gasteiger partial charge on any atom is 0.279 e. The molecule has 1 aromatic heterocycles. The van der Waals surface area contributed by atoms with Crippen molar-refractivity contribution in [2.75, 3.05) is 13.1 Å².